The number of carbonyl (C=O) groups excluding carboxylic acids is 1. The summed E-state index contributed by atoms with van der Waals surface area (Å²) >= 11 is 0. The average Bonchev–Trinajstić information content (AvgIpc) is 2.96. The van der Waals surface area contributed by atoms with Gasteiger partial charge in [0.1, 0.15) is 11.3 Å². The second-order valence-electron chi connectivity index (χ2n) is 5.06. The number of hydrogen-bond acceptors (Lipinski definition) is 5. The number of nitrogens with zero attached hydrogens (tertiary/aromatic N) is 1. The normalized spacial score (nSPS) is 10.5. The van der Waals surface area contributed by atoms with Crippen molar-refractivity contribution in [2.45, 2.75) is 6.92 Å². The van der Waals surface area contributed by atoms with Crippen molar-refractivity contribution in [2.24, 2.45) is 0 Å². The van der Waals surface area contributed by atoms with E-state index in [1.165, 1.54) is 13.0 Å². The summed E-state index contributed by atoms with van der Waals surface area (Å²) in [6.07, 6.45) is 0. The van der Waals surface area contributed by atoms with E-state index in [0.29, 0.717) is 28.2 Å². The highest BCUT2D eigenvalue weighted by Gasteiger charge is 2.15. The van der Waals surface area contributed by atoms with Gasteiger partial charge in [-0.05, 0) is 24.3 Å². The summed E-state index contributed by atoms with van der Waals surface area (Å²) in [5, 5.41) is 11.5. The highest BCUT2D eigenvalue weighted by Crippen LogP contribution is 2.34. The molecule has 0 aliphatic heterocycles. The number of rotatable bonds is 5. The lowest BCUT2D eigenvalue weighted by Crippen LogP contribution is -2.11. The minimum Gasteiger partial charge on any atom is -0.481 e. The fourth-order valence-corrected chi connectivity index (χ4v) is 2.23. The van der Waals surface area contributed by atoms with Crippen LogP contribution in [0.3, 0.4) is 0 Å². The molecule has 2 aromatic carbocycles. The molecule has 122 valence electrons. The van der Waals surface area contributed by atoms with Crippen molar-refractivity contribution < 1.29 is 23.8 Å². The van der Waals surface area contributed by atoms with Gasteiger partial charge in [-0.25, -0.2) is 9.78 Å². The molecule has 0 spiro atoms. The zero-order valence-electron chi connectivity index (χ0n) is 12.8. The van der Waals surface area contributed by atoms with E-state index in [9.17, 15) is 9.59 Å². The highest BCUT2D eigenvalue weighted by atomic mass is 16.5. The minimum absolute atomic E-state index is 0.242. The lowest BCUT2D eigenvalue weighted by Gasteiger charge is -2.10. The Kier molecular flexibility index (Phi) is 4.15. The molecule has 0 atom stereocenters. The van der Waals surface area contributed by atoms with Gasteiger partial charge in [0.15, 0.2) is 12.2 Å². The van der Waals surface area contributed by atoms with Crippen LogP contribution in [0.15, 0.2) is 46.9 Å². The van der Waals surface area contributed by atoms with Gasteiger partial charge in [-0.1, -0.05) is 12.1 Å². The van der Waals surface area contributed by atoms with Crippen molar-refractivity contribution in [3.8, 4) is 17.2 Å². The van der Waals surface area contributed by atoms with Gasteiger partial charge in [-0.3, -0.25) is 4.79 Å². The molecule has 3 rings (SSSR count). The lowest BCUT2D eigenvalue weighted by atomic mass is 10.1. The number of amides is 1. The molecule has 0 saturated carbocycles. The number of anilines is 1. The first kappa shape index (κ1) is 15.5. The number of ether oxygens (including phenoxy) is 1. The van der Waals surface area contributed by atoms with Crippen LogP contribution in [0, 0.1) is 0 Å². The minimum atomic E-state index is -1.11. The number of para-hydroxylation sites is 2. The van der Waals surface area contributed by atoms with Crippen molar-refractivity contribution in [3.63, 3.8) is 0 Å². The van der Waals surface area contributed by atoms with Gasteiger partial charge in [-0.2, -0.15) is 0 Å². The smallest absolute Gasteiger partial charge is 0.341 e. The maximum atomic E-state index is 11.2. The fraction of sp³-hybridized carbons (Fsp3) is 0.118. The third-order valence-corrected chi connectivity index (χ3v) is 3.18. The van der Waals surface area contributed by atoms with Gasteiger partial charge in [-0.15, -0.1) is 0 Å². The van der Waals surface area contributed by atoms with Crippen molar-refractivity contribution in [2.75, 3.05) is 11.9 Å². The van der Waals surface area contributed by atoms with E-state index in [2.05, 4.69) is 10.3 Å². The molecule has 24 heavy (non-hydrogen) atoms. The summed E-state index contributed by atoms with van der Waals surface area (Å²) in [6.45, 7) is 0.864. The lowest BCUT2D eigenvalue weighted by molar-refractivity contribution is -0.139. The van der Waals surface area contributed by atoms with Gasteiger partial charge in [0.05, 0.1) is 5.56 Å². The molecule has 0 radical (unpaired) electrons. The zero-order chi connectivity index (χ0) is 17.1. The molecule has 7 nitrogen and oxygen atoms in total. The second kappa shape index (κ2) is 6.41. The molecule has 7 heteroatoms. The van der Waals surface area contributed by atoms with E-state index in [1.807, 2.05) is 18.2 Å². The number of aromatic nitrogens is 1. The van der Waals surface area contributed by atoms with Crippen molar-refractivity contribution in [1.82, 2.24) is 4.98 Å². The van der Waals surface area contributed by atoms with E-state index in [4.69, 9.17) is 14.3 Å². The van der Waals surface area contributed by atoms with Gasteiger partial charge in [0.2, 0.25) is 11.8 Å². The Hall–Kier alpha value is -3.35. The molecule has 0 saturated heterocycles. The number of fused-ring (bicyclic) bond motifs is 1. The molecule has 2 N–H and O–H groups in total. The Morgan fingerprint density at radius 2 is 2.04 bits per heavy atom. The molecular formula is C17H14N2O5. The fourth-order valence-electron chi connectivity index (χ4n) is 2.23. The zero-order valence-corrected chi connectivity index (χ0v) is 12.8. The molecule has 1 aromatic heterocycles. The molecule has 0 unspecified atom stereocenters. The summed E-state index contributed by atoms with van der Waals surface area (Å²) in [4.78, 5) is 26.4. The summed E-state index contributed by atoms with van der Waals surface area (Å²) in [5.74, 6) is -0.779. The van der Waals surface area contributed by atoms with Crippen LogP contribution in [-0.4, -0.2) is 28.6 Å². The standard InChI is InChI=1S/C17H14N2O5/c1-10(20)18-11-6-7-12(15(8-11)23-9-16(21)22)17-19-13-4-2-3-5-14(13)24-17/h2-8H,9H2,1H3,(H,18,20)(H,21,22). The van der Waals surface area contributed by atoms with Crippen LogP contribution in [0.2, 0.25) is 0 Å². The average molecular weight is 326 g/mol. The summed E-state index contributed by atoms with van der Waals surface area (Å²) in [6, 6.07) is 12.1. The van der Waals surface area contributed by atoms with Crippen molar-refractivity contribution >= 4 is 28.7 Å². The van der Waals surface area contributed by atoms with E-state index in [0.717, 1.165) is 0 Å². The number of aliphatic carboxylic acids is 1. The first-order valence-corrected chi connectivity index (χ1v) is 7.15. The van der Waals surface area contributed by atoms with Crippen molar-refractivity contribution in [1.29, 1.82) is 0 Å². The number of carboxylic acids is 1. The predicted octanol–water partition coefficient (Wildman–Crippen LogP) is 2.92. The molecule has 0 fully saturated rings. The Morgan fingerprint density at radius 3 is 2.75 bits per heavy atom. The quantitative estimate of drug-likeness (QED) is 0.747. The van der Waals surface area contributed by atoms with Gasteiger partial charge >= 0.3 is 5.97 Å². The topological polar surface area (TPSA) is 102 Å². The predicted molar refractivity (Wildman–Crippen MR) is 86.9 cm³/mol. The molecule has 0 aliphatic carbocycles. The van der Waals surface area contributed by atoms with E-state index < -0.39 is 12.6 Å². The van der Waals surface area contributed by atoms with Crippen LogP contribution in [0.1, 0.15) is 6.92 Å². The highest BCUT2D eigenvalue weighted by molar-refractivity contribution is 5.89. The SMILES string of the molecule is CC(=O)Nc1ccc(-c2nc3ccccc3o2)c(OCC(=O)O)c1. The monoisotopic (exact) mass is 326 g/mol. The summed E-state index contributed by atoms with van der Waals surface area (Å²) in [5.41, 5.74) is 2.29. The largest absolute Gasteiger partial charge is 0.481 e. The number of hydrogen-bond donors (Lipinski definition) is 2. The Labute approximate surface area is 136 Å². The molecular weight excluding hydrogens is 312 g/mol. The molecule has 0 bridgehead atoms. The number of carboxylic acid groups (broad SMARTS) is 1. The van der Waals surface area contributed by atoms with Crippen LogP contribution in [0.4, 0.5) is 5.69 Å². The third kappa shape index (κ3) is 3.35. The van der Waals surface area contributed by atoms with Crippen LogP contribution in [-0.2, 0) is 9.59 Å². The van der Waals surface area contributed by atoms with Gasteiger partial charge in [0, 0.05) is 18.7 Å². The molecule has 1 heterocycles. The Balaban J connectivity index is 2.03. The Morgan fingerprint density at radius 1 is 1.25 bits per heavy atom. The first-order valence-electron chi connectivity index (χ1n) is 7.15. The number of nitrogens with one attached hydrogen (secondary N) is 1. The molecule has 3 aromatic rings. The summed E-state index contributed by atoms with van der Waals surface area (Å²) < 4.78 is 11.0. The number of carbonyl (C=O) groups is 2. The summed E-state index contributed by atoms with van der Waals surface area (Å²) in [7, 11) is 0. The van der Waals surface area contributed by atoms with Crippen LogP contribution >= 0.6 is 0 Å². The van der Waals surface area contributed by atoms with Crippen LogP contribution < -0.4 is 10.1 Å². The van der Waals surface area contributed by atoms with Crippen LogP contribution in [0.25, 0.3) is 22.6 Å². The number of benzene rings is 2. The third-order valence-electron chi connectivity index (χ3n) is 3.18. The van der Waals surface area contributed by atoms with E-state index >= 15 is 0 Å². The molecule has 0 aliphatic rings. The van der Waals surface area contributed by atoms with Gasteiger partial charge in [0.25, 0.3) is 0 Å². The van der Waals surface area contributed by atoms with Gasteiger partial charge < -0.3 is 19.6 Å². The maximum absolute atomic E-state index is 11.2. The molecule has 1 amide bonds. The van der Waals surface area contributed by atoms with E-state index in [1.54, 1.807) is 18.2 Å². The second-order valence-corrected chi connectivity index (χ2v) is 5.06. The maximum Gasteiger partial charge on any atom is 0.341 e. The first-order chi connectivity index (χ1) is 11.5. The Bertz CT molecular complexity index is 883. The number of oxazole rings is 1. The van der Waals surface area contributed by atoms with Crippen molar-refractivity contribution in [3.05, 3.63) is 42.5 Å². The van der Waals surface area contributed by atoms with Crippen LogP contribution in [0.5, 0.6) is 5.75 Å². The van der Waals surface area contributed by atoms with E-state index in [-0.39, 0.29) is 11.7 Å².